The number of carbonyl (C=O) groups is 1. The summed E-state index contributed by atoms with van der Waals surface area (Å²) in [5, 5.41) is 0. The fraction of sp³-hybridized carbons (Fsp3) is 0.615. The number of unbranched alkanes of at least 4 members (excludes halogenated alkanes) is 1. The molecule has 0 spiro atoms. The molecule has 1 aliphatic rings. The van der Waals surface area contributed by atoms with Gasteiger partial charge in [0.2, 0.25) is 0 Å². The van der Waals surface area contributed by atoms with Gasteiger partial charge in [0, 0.05) is 12.8 Å². The van der Waals surface area contributed by atoms with Crippen molar-refractivity contribution in [3.63, 3.8) is 0 Å². The average Bonchev–Trinajstić information content (AvgIpc) is 2.26. The van der Waals surface area contributed by atoms with Gasteiger partial charge in [-0.05, 0) is 26.3 Å². The highest BCUT2D eigenvalue weighted by Crippen LogP contribution is 2.25. The van der Waals surface area contributed by atoms with Crippen molar-refractivity contribution in [2.45, 2.75) is 46.5 Å². The van der Waals surface area contributed by atoms with Gasteiger partial charge in [0.05, 0.1) is 17.9 Å². The highest BCUT2D eigenvalue weighted by atomic mass is 16.5. The van der Waals surface area contributed by atoms with E-state index in [1.54, 1.807) is 6.92 Å². The second kappa shape index (κ2) is 6.36. The molecule has 16 heavy (non-hydrogen) atoms. The van der Waals surface area contributed by atoms with Crippen molar-refractivity contribution in [1.29, 1.82) is 0 Å². The van der Waals surface area contributed by atoms with E-state index in [2.05, 4.69) is 6.92 Å². The number of hydrogen-bond acceptors (Lipinski definition) is 3. The normalized spacial score (nSPS) is 15.6. The predicted octanol–water partition coefficient (Wildman–Crippen LogP) is 3.32. The molecule has 0 atom stereocenters. The third-order valence-electron chi connectivity index (χ3n) is 2.54. The Kier molecular flexibility index (Phi) is 5.09. The molecule has 0 saturated carbocycles. The molecule has 0 aromatic rings. The fourth-order valence-corrected chi connectivity index (χ4v) is 1.61. The van der Waals surface area contributed by atoms with Crippen LogP contribution in [0.5, 0.6) is 0 Å². The summed E-state index contributed by atoms with van der Waals surface area (Å²) >= 11 is 0. The minimum absolute atomic E-state index is 0.259. The first-order valence-electron chi connectivity index (χ1n) is 5.92. The predicted molar refractivity (Wildman–Crippen MR) is 62.6 cm³/mol. The Morgan fingerprint density at radius 1 is 1.50 bits per heavy atom. The maximum atomic E-state index is 11.5. The molecule has 1 aliphatic heterocycles. The van der Waals surface area contributed by atoms with E-state index in [4.69, 9.17) is 9.47 Å². The Hall–Kier alpha value is -1.25. The minimum Gasteiger partial charge on any atom is -0.466 e. The molecule has 0 aliphatic carbocycles. The lowest BCUT2D eigenvalue weighted by molar-refractivity contribution is -0.138. The van der Waals surface area contributed by atoms with Crippen molar-refractivity contribution in [3.05, 3.63) is 23.2 Å². The van der Waals surface area contributed by atoms with Crippen LogP contribution in [0.25, 0.3) is 0 Å². The van der Waals surface area contributed by atoms with E-state index in [-0.39, 0.29) is 5.97 Å². The first kappa shape index (κ1) is 12.8. The van der Waals surface area contributed by atoms with E-state index in [1.165, 1.54) is 0 Å². The van der Waals surface area contributed by atoms with Gasteiger partial charge in [0.15, 0.2) is 0 Å². The highest BCUT2D eigenvalue weighted by molar-refractivity contribution is 5.89. The van der Waals surface area contributed by atoms with Crippen LogP contribution in [0.2, 0.25) is 0 Å². The zero-order valence-electron chi connectivity index (χ0n) is 10.3. The molecule has 1 heterocycles. The van der Waals surface area contributed by atoms with Crippen LogP contribution in [0.1, 0.15) is 46.5 Å². The lowest BCUT2D eigenvalue weighted by Gasteiger charge is -2.18. The van der Waals surface area contributed by atoms with Crippen molar-refractivity contribution >= 4 is 5.97 Å². The van der Waals surface area contributed by atoms with Gasteiger partial charge in [-0.2, -0.15) is 0 Å². The van der Waals surface area contributed by atoms with Crippen LogP contribution in [0, 0.1) is 0 Å². The first-order valence-corrected chi connectivity index (χ1v) is 5.92. The third kappa shape index (κ3) is 3.40. The van der Waals surface area contributed by atoms with E-state index in [9.17, 15) is 4.79 Å². The maximum absolute atomic E-state index is 11.5. The van der Waals surface area contributed by atoms with Crippen molar-refractivity contribution in [2.75, 3.05) is 6.61 Å². The van der Waals surface area contributed by atoms with Crippen LogP contribution >= 0.6 is 0 Å². The molecular formula is C13H20O3. The van der Waals surface area contributed by atoms with Crippen LogP contribution < -0.4 is 0 Å². The number of esters is 1. The molecule has 3 heteroatoms. The summed E-state index contributed by atoms with van der Waals surface area (Å²) in [4.78, 5) is 11.5. The second-order valence-corrected chi connectivity index (χ2v) is 3.84. The topological polar surface area (TPSA) is 35.5 Å². The van der Waals surface area contributed by atoms with Gasteiger partial charge in [-0.3, -0.25) is 0 Å². The Labute approximate surface area is 97.1 Å². The fourth-order valence-electron chi connectivity index (χ4n) is 1.61. The summed E-state index contributed by atoms with van der Waals surface area (Å²) < 4.78 is 10.6. The molecular weight excluding hydrogens is 204 g/mol. The standard InChI is InChI=1S/C13H20O3/c1-4-6-7-11-8-9-12(10(3)16-11)13(14)15-5-2/h8H,4-7,9H2,1-3H3. The van der Waals surface area contributed by atoms with Crippen LogP contribution in [0.4, 0.5) is 0 Å². The summed E-state index contributed by atoms with van der Waals surface area (Å²) in [6, 6.07) is 0. The minimum atomic E-state index is -0.259. The molecule has 1 rings (SSSR count). The summed E-state index contributed by atoms with van der Waals surface area (Å²) in [6.07, 6.45) is 5.82. The van der Waals surface area contributed by atoms with Crippen molar-refractivity contribution in [2.24, 2.45) is 0 Å². The Morgan fingerprint density at radius 2 is 2.25 bits per heavy atom. The van der Waals surface area contributed by atoms with E-state index >= 15 is 0 Å². The molecule has 0 aromatic heterocycles. The summed E-state index contributed by atoms with van der Waals surface area (Å²) in [7, 11) is 0. The number of ether oxygens (including phenoxy) is 2. The van der Waals surface area contributed by atoms with Crippen molar-refractivity contribution in [1.82, 2.24) is 0 Å². The largest absolute Gasteiger partial charge is 0.466 e. The number of allylic oxidation sites excluding steroid dienone is 3. The molecule has 0 N–H and O–H groups in total. The number of hydrogen-bond donors (Lipinski definition) is 0. The van der Waals surface area contributed by atoms with E-state index in [0.29, 0.717) is 24.4 Å². The maximum Gasteiger partial charge on any atom is 0.337 e. The smallest absolute Gasteiger partial charge is 0.337 e. The van der Waals surface area contributed by atoms with Crippen LogP contribution in [-0.2, 0) is 14.3 Å². The van der Waals surface area contributed by atoms with Crippen molar-refractivity contribution in [3.8, 4) is 0 Å². The first-order chi connectivity index (χ1) is 7.69. The van der Waals surface area contributed by atoms with Crippen LogP contribution in [0.3, 0.4) is 0 Å². The zero-order chi connectivity index (χ0) is 12.0. The molecule has 0 fully saturated rings. The summed E-state index contributed by atoms with van der Waals surface area (Å²) in [5.74, 6) is 1.41. The SMILES string of the molecule is CCCCC1=CCC(C(=O)OCC)=C(C)O1. The Bertz CT molecular complexity index is 313. The molecule has 0 saturated heterocycles. The quantitative estimate of drug-likeness (QED) is 0.672. The molecule has 90 valence electrons. The summed E-state index contributed by atoms with van der Waals surface area (Å²) in [5.41, 5.74) is 0.641. The monoisotopic (exact) mass is 224 g/mol. The molecule has 0 radical (unpaired) electrons. The molecule has 0 aromatic carbocycles. The van der Waals surface area contributed by atoms with Crippen molar-refractivity contribution < 1.29 is 14.3 Å². The van der Waals surface area contributed by atoms with E-state index < -0.39 is 0 Å². The summed E-state index contributed by atoms with van der Waals surface area (Å²) in [6.45, 7) is 6.18. The van der Waals surface area contributed by atoms with Crippen LogP contribution in [-0.4, -0.2) is 12.6 Å². The Balaban J connectivity index is 2.56. The van der Waals surface area contributed by atoms with Gasteiger partial charge in [0.1, 0.15) is 5.76 Å². The van der Waals surface area contributed by atoms with Gasteiger partial charge in [-0.1, -0.05) is 13.3 Å². The van der Waals surface area contributed by atoms with Gasteiger partial charge in [-0.25, -0.2) is 4.79 Å². The zero-order valence-corrected chi connectivity index (χ0v) is 10.3. The van der Waals surface area contributed by atoms with Gasteiger partial charge in [0.25, 0.3) is 0 Å². The van der Waals surface area contributed by atoms with E-state index in [1.807, 2.05) is 13.0 Å². The third-order valence-corrected chi connectivity index (χ3v) is 2.54. The lowest BCUT2D eigenvalue weighted by Crippen LogP contribution is -2.13. The Morgan fingerprint density at radius 3 is 2.81 bits per heavy atom. The average molecular weight is 224 g/mol. The lowest BCUT2D eigenvalue weighted by atomic mass is 10.1. The molecule has 0 bridgehead atoms. The van der Waals surface area contributed by atoms with Crippen LogP contribution in [0.15, 0.2) is 23.2 Å². The second-order valence-electron chi connectivity index (χ2n) is 3.84. The van der Waals surface area contributed by atoms with Gasteiger partial charge in [-0.15, -0.1) is 0 Å². The molecule has 0 unspecified atom stereocenters. The molecule has 3 nitrogen and oxygen atoms in total. The number of rotatable bonds is 5. The van der Waals surface area contributed by atoms with Gasteiger partial charge >= 0.3 is 5.97 Å². The van der Waals surface area contributed by atoms with Gasteiger partial charge < -0.3 is 9.47 Å². The highest BCUT2D eigenvalue weighted by Gasteiger charge is 2.19. The number of carbonyl (C=O) groups excluding carboxylic acids is 1. The molecule has 0 amide bonds. The van der Waals surface area contributed by atoms with E-state index in [0.717, 1.165) is 25.0 Å².